The van der Waals surface area contributed by atoms with E-state index in [0.29, 0.717) is 5.41 Å². The van der Waals surface area contributed by atoms with Gasteiger partial charge >= 0.3 is 0 Å². The van der Waals surface area contributed by atoms with E-state index >= 15 is 0 Å². The molecule has 1 saturated carbocycles. The van der Waals surface area contributed by atoms with Gasteiger partial charge in [0.15, 0.2) is 0 Å². The number of aryl methyl sites for hydroxylation is 1. The molecule has 17 heavy (non-hydrogen) atoms. The summed E-state index contributed by atoms with van der Waals surface area (Å²) in [5.41, 5.74) is 2.15. The maximum atomic E-state index is 2.43. The standard InChI is InChI=1S/C17H26/c1-15(2)17(12-7-4-8-13-17)14-11-16-9-5-3-6-10-16/h3,5-6,9-10,15H,4,7-8,11-14H2,1-2H3. The number of benzene rings is 1. The molecule has 0 unspecified atom stereocenters. The Kier molecular flexibility index (Phi) is 4.25. The summed E-state index contributed by atoms with van der Waals surface area (Å²) in [6.07, 6.45) is 9.92. The molecule has 0 aliphatic heterocycles. The first-order valence-corrected chi connectivity index (χ1v) is 7.27. The Morgan fingerprint density at radius 3 is 2.24 bits per heavy atom. The Labute approximate surface area is 106 Å². The van der Waals surface area contributed by atoms with Gasteiger partial charge in [0.25, 0.3) is 0 Å². The van der Waals surface area contributed by atoms with Crippen molar-refractivity contribution in [1.29, 1.82) is 0 Å². The minimum Gasteiger partial charge on any atom is -0.0622 e. The maximum absolute atomic E-state index is 2.43. The smallest absolute Gasteiger partial charge is 0.0271 e. The third-order valence-electron chi connectivity index (χ3n) is 4.83. The zero-order valence-electron chi connectivity index (χ0n) is 11.4. The molecular formula is C17H26. The first kappa shape index (κ1) is 12.7. The lowest BCUT2D eigenvalue weighted by Crippen LogP contribution is -2.30. The van der Waals surface area contributed by atoms with Gasteiger partial charge in [-0.15, -0.1) is 0 Å². The van der Waals surface area contributed by atoms with Crippen LogP contribution in [0, 0.1) is 11.3 Å². The lowest BCUT2D eigenvalue weighted by molar-refractivity contribution is 0.106. The fourth-order valence-electron chi connectivity index (χ4n) is 3.41. The van der Waals surface area contributed by atoms with E-state index < -0.39 is 0 Å². The molecule has 1 aliphatic carbocycles. The largest absolute Gasteiger partial charge is 0.0622 e. The van der Waals surface area contributed by atoms with Gasteiger partial charge in [0, 0.05) is 0 Å². The molecule has 0 heterocycles. The van der Waals surface area contributed by atoms with Crippen LogP contribution < -0.4 is 0 Å². The van der Waals surface area contributed by atoms with Crippen molar-refractivity contribution in [3.63, 3.8) is 0 Å². The van der Waals surface area contributed by atoms with Gasteiger partial charge < -0.3 is 0 Å². The van der Waals surface area contributed by atoms with Crippen LogP contribution in [-0.2, 0) is 6.42 Å². The zero-order chi connectivity index (χ0) is 12.1. The Morgan fingerprint density at radius 1 is 1.00 bits per heavy atom. The Morgan fingerprint density at radius 2 is 1.65 bits per heavy atom. The summed E-state index contributed by atoms with van der Waals surface area (Å²) in [6.45, 7) is 4.85. The van der Waals surface area contributed by atoms with Crippen molar-refractivity contribution in [2.75, 3.05) is 0 Å². The molecule has 0 saturated heterocycles. The van der Waals surface area contributed by atoms with E-state index in [0.717, 1.165) is 5.92 Å². The zero-order valence-corrected chi connectivity index (χ0v) is 11.4. The van der Waals surface area contributed by atoms with Crippen molar-refractivity contribution in [2.45, 2.75) is 58.8 Å². The van der Waals surface area contributed by atoms with Crippen LogP contribution in [0.2, 0.25) is 0 Å². The highest BCUT2D eigenvalue weighted by Crippen LogP contribution is 2.45. The second kappa shape index (κ2) is 5.71. The van der Waals surface area contributed by atoms with Crippen molar-refractivity contribution in [3.8, 4) is 0 Å². The molecule has 94 valence electrons. The third-order valence-corrected chi connectivity index (χ3v) is 4.83. The molecule has 1 aromatic carbocycles. The Hall–Kier alpha value is -0.780. The fraction of sp³-hybridized carbons (Fsp3) is 0.647. The minimum absolute atomic E-state index is 0.633. The van der Waals surface area contributed by atoms with E-state index in [1.807, 2.05) is 0 Å². The molecule has 1 aromatic rings. The molecule has 0 amide bonds. The van der Waals surface area contributed by atoms with Crippen molar-refractivity contribution in [3.05, 3.63) is 35.9 Å². The normalized spacial score (nSPS) is 19.5. The second-order valence-corrected chi connectivity index (χ2v) is 6.06. The highest BCUT2D eigenvalue weighted by molar-refractivity contribution is 5.15. The van der Waals surface area contributed by atoms with Crippen LogP contribution in [-0.4, -0.2) is 0 Å². The van der Waals surface area contributed by atoms with Gasteiger partial charge in [0.05, 0.1) is 0 Å². The van der Waals surface area contributed by atoms with E-state index in [1.165, 1.54) is 50.5 Å². The van der Waals surface area contributed by atoms with Gasteiger partial charge in [0.1, 0.15) is 0 Å². The van der Waals surface area contributed by atoms with E-state index in [1.54, 1.807) is 0 Å². The van der Waals surface area contributed by atoms with Gasteiger partial charge in [-0.2, -0.15) is 0 Å². The van der Waals surface area contributed by atoms with Crippen LogP contribution in [0.1, 0.15) is 57.9 Å². The molecule has 1 aliphatic rings. The summed E-state index contributed by atoms with van der Waals surface area (Å²) >= 11 is 0. The first-order valence-electron chi connectivity index (χ1n) is 7.27. The van der Waals surface area contributed by atoms with E-state index in [4.69, 9.17) is 0 Å². The quantitative estimate of drug-likeness (QED) is 0.664. The summed E-state index contributed by atoms with van der Waals surface area (Å²) < 4.78 is 0. The summed E-state index contributed by atoms with van der Waals surface area (Å²) in [4.78, 5) is 0. The van der Waals surface area contributed by atoms with Crippen molar-refractivity contribution < 1.29 is 0 Å². The SMILES string of the molecule is CC(C)C1(CCc2ccccc2)CCCCC1. The molecule has 0 aromatic heterocycles. The summed E-state index contributed by atoms with van der Waals surface area (Å²) in [5, 5.41) is 0. The molecule has 0 radical (unpaired) electrons. The molecule has 0 nitrogen and oxygen atoms in total. The molecule has 1 fully saturated rings. The second-order valence-electron chi connectivity index (χ2n) is 6.06. The molecule has 2 rings (SSSR count). The van der Waals surface area contributed by atoms with Gasteiger partial charge in [-0.05, 0) is 42.6 Å². The van der Waals surface area contributed by atoms with Gasteiger partial charge in [0.2, 0.25) is 0 Å². The Balaban J connectivity index is 1.98. The van der Waals surface area contributed by atoms with Gasteiger partial charge in [-0.3, -0.25) is 0 Å². The molecule has 0 heteroatoms. The van der Waals surface area contributed by atoms with E-state index in [2.05, 4.69) is 44.2 Å². The first-order chi connectivity index (χ1) is 8.23. The lowest BCUT2D eigenvalue weighted by Gasteiger charge is -2.41. The summed E-state index contributed by atoms with van der Waals surface area (Å²) in [5.74, 6) is 0.839. The van der Waals surface area contributed by atoms with E-state index in [-0.39, 0.29) is 0 Å². The average molecular weight is 230 g/mol. The highest BCUT2D eigenvalue weighted by atomic mass is 14.4. The van der Waals surface area contributed by atoms with Gasteiger partial charge in [-0.25, -0.2) is 0 Å². The molecule has 0 atom stereocenters. The monoisotopic (exact) mass is 230 g/mol. The molecular weight excluding hydrogens is 204 g/mol. The summed E-state index contributed by atoms with van der Waals surface area (Å²) in [7, 11) is 0. The predicted octanol–water partition coefficient (Wildman–Crippen LogP) is 5.23. The van der Waals surface area contributed by atoms with Crippen molar-refractivity contribution >= 4 is 0 Å². The van der Waals surface area contributed by atoms with Crippen LogP contribution in [0.15, 0.2) is 30.3 Å². The van der Waals surface area contributed by atoms with Crippen LogP contribution >= 0.6 is 0 Å². The number of hydrogen-bond donors (Lipinski definition) is 0. The maximum Gasteiger partial charge on any atom is -0.0271 e. The molecule has 0 spiro atoms. The molecule has 0 N–H and O–H groups in total. The van der Waals surface area contributed by atoms with E-state index in [9.17, 15) is 0 Å². The Bertz CT molecular complexity index is 317. The van der Waals surface area contributed by atoms with Crippen LogP contribution in [0.3, 0.4) is 0 Å². The van der Waals surface area contributed by atoms with Gasteiger partial charge in [-0.1, -0.05) is 63.4 Å². The fourth-order valence-corrected chi connectivity index (χ4v) is 3.41. The predicted molar refractivity (Wildman–Crippen MR) is 75.1 cm³/mol. The average Bonchev–Trinajstić information content (AvgIpc) is 2.38. The van der Waals surface area contributed by atoms with Crippen molar-refractivity contribution in [1.82, 2.24) is 0 Å². The molecule has 0 bridgehead atoms. The topological polar surface area (TPSA) is 0 Å². The van der Waals surface area contributed by atoms with Crippen LogP contribution in [0.4, 0.5) is 0 Å². The number of hydrogen-bond acceptors (Lipinski definition) is 0. The third kappa shape index (κ3) is 3.12. The number of rotatable bonds is 4. The summed E-state index contributed by atoms with van der Waals surface area (Å²) in [6, 6.07) is 11.0. The van der Waals surface area contributed by atoms with Crippen LogP contribution in [0.5, 0.6) is 0 Å². The highest BCUT2D eigenvalue weighted by Gasteiger charge is 2.34. The lowest BCUT2D eigenvalue weighted by atomic mass is 9.64. The van der Waals surface area contributed by atoms with Crippen LogP contribution in [0.25, 0.3) is 0 Å². The minimum atomic E-state index is 0.633. The van der Waals surface area contributed by atoms with Crippen molar-refractivity contribution in [2.24, 2.45) is 11.3 Å².